The summed E-state index contributed by atoms with van der Waals surface area (Å²) in [5.41, 5.74) is 2.76. The van der Waals surface area contributed by atoms with Crippen LogP contribution in [0.4, 0.5) is 5.82 Å². The summed E-state index contributed by atoms with van der Waals surface area (Å²) in [6.45, 7) is 2.63. The number of rotatable bonds is 3. The lowest BCUT2D eigenvalue weighted by Crippen LogP contribution is -2.05. The first kappa shape index (κ1) is 9.70. The number of nitrogens with one attached hydrogen (secondary N) is 2. The topological polar surface area (TPSA) is 96.7 Å². The molecule has 3 aromatic rings. The van der Waals surface area contributed by atoms with Gasteiger partial charge in [-0.1, -0.05) is 0 Å². The molecular formula is C9H10N8. The molecule has 0 aliphatic carbocycles. The van der Waals surface area contributed by atoms with Crippen LogP contribution in [-0.2, 0) is 6.54 Å². The van der Waals surface area contributed by atoms with Gasteiger partial charge >= 0.3 is 0 Å². The van der Waals surface area contributed by atoms with Gasteiger partial charge in [0.1, 0.15) is 5.82 Å². The van der Waals surface area contributed by atoms with Gasteiger partial charge in [0.2, 0.25) is 0 Å². The number of hydrogen-bond acceptors (Lipinski definition) is 6. The highest BCUT2D eigenvalue weighted by atomic mass is 15.6. The maximum Gasteiger partial charge on any atom is 0.200 e. The predicted molar refractivity (Wildman–Crippen MR) is 59.2 cm³/mol. The van der Waals surface area contributed by atoms with E-state index in [1.807, 2.05) is 13.0 Å². The quantitative estimate of drug-likeness (QED) is 0.665. The molecule has 0 unspecified atom stereocenters. The van der Waals surface area contributed by atoms with E-state index in [9.17, 15) is 0 Å². The summed E-state index contributed by atoms with van der Waals surface area (Å²) >= 11 is 0. The zero-order valence-electron chi connectivity index (χ0n) is 9.12. The van der Waals surface area contributed by atoms with Crippen molar-refractivity contribution >= 4 is 11.5 Å². The van der Waals surface area contributed by atoms with Crippen LogP contribution in [0.15, 0.2) is 18.3 Å². The second-order valence-electron chi connectivity index (χ2n) is 3.62. The average molecular weight is 230 g/mol. The lowest BCUT2D eigenvalue weighted by molar-refractivity contribution is 0.734. The van der Waals surface area contributed by atoms with Crippen molar-refractivity contribution in [3.63, 3.8) is 0 Å². The summed E-state index contributed by atoms with van der Waals surface area (Å²) < 4.78 is 1.38. The Labute approximate surface area is 96.0 Å². The van der Waals surface area contributed by atoms with E-state index in [4.69, 9.17) is 0 Å². The van der Waals surface area contributed by atoms with Gasteiger partial charge in [0.15, 0.2) is 5.65 Å². The van der Waals surface area contributed by atoms with E-state index < -0.39 is 0 Å². The number of aromatic amines is 1. The van der Waals surface area contributed by atoms with Gasteiger partial charge in [0.05, 0.1) is 6.20 Å². The molecule has 0 amide bonds. The Hall–Kier alpha value is -2.51. The molecule has 0 radical (unpaired) electrons. The Bertz CT molecular complexity index is 639. The first-order valence-corrected chi connectivity index (χ1v) is 5.11. The van der Waals surface area contributed by atoms with Crippen molar-refractivity contribution in [1.82, 2.24) is 35.5 Å². The molecule has 0 fully saturated rings. The SMILES string of the molecule is Cc1[nH]ncc1CNc1ccc2nnnn2n1. The maximum absolute atomic E-state index is 4.20. The summed E-state index contributed by atoms with van der Waals surface area (Å²) in [5, 5.41) is 25.3. The monoisotopic (exact) mass is 230 g/mol. The van der Waals surface area contributed by atoms with Crippen molar-refractivity contribution in [2.24, 2.45) is 0 Å². The minimum absolute atomic E-state index is 0.620. The molecular weight excluding hydrogens is 220 g/mol. The van der Waals surface area contributed by atoms with Crippen LogP contribution < -0.4 is 5.32 Å². The normalized spacial score (nSPS) is 10.9. The summed E-state index contributed by atoms with van der Waals surface area (Å²) in [6.07, 6.45) is 1.79. The van der Waals surface area contributed by atoms with Gasteiger partial charge in [-0.2, -0.15) is 5.10 Å². The fourth-order valence-electron chi connectivity index (χ4n) is 1.48. The third-order valence-corrected chi connectivity index (χ3v) is 2.46. The predicted octanol–water partition coefficient (Wildman–Crippen LogP) is 0.163. The number of aromatic nitrogens is 7. The van der Waals surface area contributed by atoms with Crippen LogP contribution >= 0.6 is 0 Å². The highest BCUT2D eigenvalue weighted by Crippen LogP contribution is 2.07. The first-order chi connectivity index (χ1) is 8.33. The molecule has 86 valence electrons. The number of anilines is 1. The number of fused-ring (bicyclic) bond motifs is 1. The third-order valence-electron chi connectivity index (χ3n) is 2.46. The Balaban J connectivity index is 1.78. The Morgan fingerprint density at radius 3 is 3.18 bits per heavy atom. The minimum atomic E-state index is 0.620. The van der Waals surface area contributed by atoms with Gasteiger partial charge < -0.3 is 5.32 Å². The molecule has 3 rings (SSSR count). The lowest BCUT2D eigenvalue weighted by Gasteiger charge is -2.03. The molecule has 0 aromatic carbocycles. The number of H-pyrrole nitrogens is 1. The van der Waals surface area contributed by atoms with Crippen LogP contribution in [-0.4, -0.2) is 35.5 Å². The van der Waals surface area contributed by atoms with Crippen LogP contribution in [0.5, 0.6) is 0 Å². The van der Waals surface area contributed by atoms with E-state index in [-0.39, 0.29) is 0 Å². The zero-order chi connectivity index (χ0) is 11.7. The summed E-state index contributed by atoms with van der Waals surface area (Å²) in [4.78, 5) is 0. The fraction of sp³-hybridized carbons (Fsp3) is 0.222. The molecule has 2 N–H and O–H groups in total. The van der Waals surface area contributed by atoms with Crippen LogP contribution in [0, 0.1) is 6.92 Å². The van der Waals surface area contributed by atoms with Crippen molar-refractivity contribution in [1.29, 1.82) is 0 Å². The molecule has 0 saturated heterocycles. The van der Waals surface area contributed by atoms with Crippen LogP contribution in [0.25, 0.3) is 5.65 Å². The van der Waals surface area contributed by atoms with Crippen LogP contribution in [0.2, 0.25) is 0 Å². The van der Waals surface area contributed by atoms with Gasteiger partial charge in [-0.05, 0) is 29.5 Å². The lowest BCUT2D eigenvalue weighted by atomic mass is 10.2. The Morgan fingerprint density at radius 2 is 2.35 bits per heavy atom. The molecule has 8 heteroatoms. The van der Waals surface area contributed by atoms with Gasteiger partial charge in [-0.15, -0.1) is 14.8 Å². The van der Waals surface area contributed by atoms with Crippen LogP contribution in [0.1, 0.15) is 11.3 Å². The molecule has 8 nitrogen and oxygen atoms in total. The Kier molecular flexibility index (Phi) is 2.18. The number of nitrogens with zero attached hydrogens (tertiary/aromatic N) is 6. The highest BCUT2D eigenvalue weighted by molar-refractivity contribution is 5.42. The standard InChI is InChI=1S/C9H10N8/c1-6-7(5-11-12-6)4-10-8-2-3-9-13-15-16-17(9)14-8/h2-3,5H,4H2,1H3,(H,10,14)(H,11,12). The van der Waals surface area contributed by atoms with E-state index >= 15 is 0 Å². The molecule has 0 aliphatic rings. The largest absolute Gasteiger partial charge is 0.364 e. The van der Waals surface area contributed by atoms with Crippen molar-refractivity contribution in [3.8, 4) is 0 Å². The molecule has 0 bridgehead atoms. The minimum Gasteiger partial charge on any atom is -0.364 e. The Morgan fingerprint density at radius 1 is 1.41 bits per heavy atom. The van der Waals surface area contributed by atoms with Crippen molar-refractivity contribution < 1.29 is 0 Å². The number of tetrazole rings is 1. The fourth-order valence-corrected chi connectivity index (χ4v) is 1.48. The van der Waals surface area contributed by atoms with Gasteiger partial charge in [-0.25, -0.2) is 0 Å². The van der Waals surface area contributed by atoms with Crippen molar-refractivity contribution in [3.05, 3.63) is 29.6 Å². The second kappa shape index (κ2) is 3.81. The number of aryl methyl sites for hydroxylation is 1. The summed E-state index contributed by atoms with van der Waals surface area (Å²) in [5.74, 6) is 0.713. The molecule has 3 heterocycles. The summed E-state index contributed by atoms with van der Waals surface area (Å²) in [6, 6.07) is 3.64. The van der Waals surface area contributed by atoms with E-state index in [0.29, 0.717) is 18.0 Å². The molecule has 0 atom stereocenters. The summed E-state index contributed by atoms with van der Waals surface area (Å²) in [7, 11) is 0. The molecule has 17 heavy (non-hydrogen) atoms. The molecule has 3 aromatic heterocycles. The first-order valence-electron chi connectivity index (χ1n) is 5.11. The second-order valence-corrected chi connectivity index (χ2v) is 3.62. The van der Waals surface area contributed by atoms with E-state index in [1.54, 1.807) is 12.3 Å². The third kappa shape index (κ3) is 1.80. The maximum atomic E-state index is 4.20. The van der Waals surface area contributed by atoms with E-state index in [2.05, 4.69) is 36.1 Å². The van der Waals surface area contributed by atoms with E-state index in [0.717, 1.165) is 11.3 Å². The smallest absolute Gasteiger partial charge is 0.200 e. The van der Waals surface area contributed by atoms with Crippen LogP contribution in [0.3, 0.4) is 0 Å². The highest BCUT2D eigenvalue weighted by Gasteiger charge is 2.02. The number of hydrogen-bond donors (Lipinski definition) is 2. The van der Waals surface area contributed by atoms with E-state index in [1.165, 1.54) is 4.63 Å². The van der Waals surface area contributed by atoms with Gasteiger partial charge in [0.25, 0.3) is 0 Å². The van der Waals surface area contributed by atoms with Gasteiger partial charge in [-0.3, -0.25) is 5.10 Å². The zero-order valence-corrected chi connectivity index (χ0v) is 9.12. The molecule has 0 spiro atoms. The van der Waals surface area contributed by atoms with Crippen molar-refractivity contribution in [2.75, 3.05) is 5.32 Å². The van der Waals surface area contributed by atoms with Gasteiger partial charge in [0, 0.05) is 17.8 Å². The molecule has 0 saturated carbocycles. The molecule has 0 aliphatic heterocycles. The average Bonchev–Trinajstić information content (AvgIpc) is 2.94. The van der Waals surface area contributed by atoms with Crippen molar-refractivity contribution in [2.45, 2.75) is 13.5 Å².